The van der Waals surface area contributed by atoms with Crippen LogP contribution in [0.25, 0.3) is 5.76 Å². The summed E-state index contributed by atoms with van der Waals surface area (Å²) in [7, 11) is 0. The van der Waals surface area contributed by atoms with E-state index in [-0.39, 0.29) is 28.4 Å². The zero-order valence-electron chi connectivity index (χ0n) is 23.5. The van der Waals surface area contributed by atoms with Gasteiger partial charge in [-0.15, -0.1) is 10.2 Å². The van der Waals surface area contributed by atoms with E-state index in [2.05, 4.69) is 10.2 Å². The lowest BCUT2D eigenvalue weighted by Gasteiger charge is -2.23. The minimum Gasteiger partial charge on any atom is -0.507 e. The monoisotopic (exact) mass is 617 g/mol. The number of benzene rings is 3. The molecule has 2 aliphatic heterocycles. The molecule has 6 rings (SSSR count). The predicted molar refractivity (Wildman–Crippen MR) is 163 cm³/mol. The van der Waals surface area contributed by atoms with Gasteiger partial charge in [-0.3, -0.25) is 14.5 Å². The molecule has 220 valence electrons. The highest BCUT2D eigenvalue weighted by Gasteiger charge is 2.48. The molecule has 4 aromatic rings. The number of ether oxygens (including phenoxy) is 2. The SMILES string of the molecule is CCCOc1cccc([C@@H]2C(=C(O)c3ccc4c(c3)C[C@@H](C)O4)C(=O)C(=O)N2c2nnc(SCc3ccccc3F)s2)c1. The third-order valence-electron chi connectivity index (χ3n) is 7.17. The fourth-order valence-electron chi connectivity index (χ4n) is 5.18. The summed E-state index contributed by atoms with van der Waals surface area (Å²) >= 11 is 2.40. The summed E-state index contributed by atoms with van der Waals surface area (Å²) in [5, 5.41) is 20.2. The van der Waals surface area contributed by atoms with Gasteiger partial charge in [-0.2, -0.15) is 0 Å². The van der Waals surface area contributed by atoms with E-state index in [1.165, 1.54) is 22.7 Å². The summed E-state index contributed by atoms with van der Waals surface area (Å²) in [6.07, 6.45) is 1.48. The molecule has 3 aromatic carbocycles. The van der Waals surface area contributed by atoms with Gasteiger partial charge < -0.3 is 14.6 Å². The maximum atomic E-state index is 14.2. The Balaban J connectivity index is 1.40. The molecule has 1 N–H and O–H groups in total. The number of rotatable bonds is 9. The van der Waals surface area contributed by atoms with Gasteiger partial charge in [0.25, 0.3) is 5.78 Å². The Morgan fingerprint density at radius 2 is 1.98 bits per heavy atom. The van der Waals surface area contributed by atoms with Crippen molar-refractivity contribution in [2.75, 3.05) is 11.5 Å². The van der Waals surface area contributed by atoms with E-state index in [9.17, 15) is 19.1 Å². The number of hydrogen-bond donors (Lipinski definition) is 1. The number of ketones is 1. The highest BCUT2D eigenvalue weighted by molar-refractivity contribution is 8.00. The number of carbonyl (C=O) groups excluding carboxylic acids is 2. The molecule has 11 heteroatoms. The van der Waals surface area contributed by atoms with Gasteiger partial charge in [-0.05, 0) is 66.4 Å². The van der Waals surface area contributed by atoms with Crippen molar-refractivity contribution in [3.8, 4) is 11.5 Å². The Labute approximate surface area is 256 Å². The van der Waals surface area contributed by atoms with Crippen LogP contribution in [-0.4, -0.2) is 39.7 Å². The molecule has 2 aliphatic rings. The minimum atomic E-state index is -0.981. The topological polar surface area (TPSA) is 102 Å². The zero-order chi connectivity index (χ0) is 30.1. The van der Waals surface area contributed by atoms with Crippen LogP contribution in [-0.2, 0) is 21.8 Å². The Morgan fingerprint density at radius 3 is 2.79 bits per heavy atom. The first-order valence-electron chi connectivity index (χ1n) is 13.9. The summed E-state index contributed by atoms with van der Waals surface area (Å²) < 4.78 is 26.3. The average Bonchev–Trinajstić information content (AvgIpc) is 3.70. The number of nitrogens with zero attached hydrogens (tertiary/aromatic N) is 3. The fourth-order valence-corrected chi connectivity index (χ4v) is 7.03. The third kappa shape index (κ3) is 5.74. The van der Waals surface area contributed by atoms with Crippen molar-refractivity contribution >= 4 is 45.7 Å². The minimum absolute atomic E-state index is 0.00619. The maximum absolute atomic E-state index is 14.2. The first kappa shape index (κ1) is 28.9. The number of hydrogen-bond acceptors (Lipinski definition) is 9. The van der Waals surface area contributed by atoms with Crippen LogP contribution in [0.5, 0.6) is 11.5 Å². The summed E-state index contributed by atoms with van der Waals surface area (Å²) in [5.41, 5.74) is 2.36. The van der Waals surface area contributed by atoms with E-state index >= 15 is 0 Å². The quantitative estimate of drug-likeness (QED) is 0.0727. The van der Waals surface area contributed by atoms with Crippen LogP contribution in [0.4, 0.5) is 9.52 Å². The number of carbonyl (C=O) groups is 2. The second kappa shape index (κ2) is 12.2. The molecule has 8 nitrogen and oxygen atoms in total. The second-order valence-electron chi connectivity index (χ2n) is 10.3. The van der Waals surface area contributed by atoms with Crippen LogP contribution in [0.3, 0.4) is 0 Å². The van der Waals surface area contributed by atoms with Gasteiger partial charge in [-0.25, -0.2) is 4.39 Å². The molecule has 3 heterocycles. The summed E-state index contributed by atoms with van der Waals surface area (Å²) in [6.45, 7) is 4.46. The molecular weight excluding hydrogens is 590 g/mol. The first-order chi connectivity index (χ1) is 20.8. The number of Topliss-reactive ketones (excluding diaryl/α,β-unsaturated/α-hetero) is 1. The normalized spacial score (nSPS) is 19.0. The average molecular weight is 618 g/mol. The highest BCUT2D eigenvalue weighted by Crippen LogP contribution is 2.45. The Bertz CT molecular complexity index is 1740. The van der Waals surface area contributed by atoms with E-state index in [1.54, 1.807) is 60.7 Å². The number of anilines is 1. The molecule has 2 atom stereocenters. The molecule has 0 unspecified atom stereocenters. The van der Waals surface area contributed by atoms with Crippen LogP contribution in [0, 0.1) is 5.82 Å². The smallest absolute Gasteiger partial charge is 0.301 e. The molecule has 1 saturated heterocycles. The lowest BCUT2D eigenvalue weighted by atomic mass is 9.94. The van der Waals surface area contributed by atoms with E-state index in [0.717, 1.165) is 29.1 Å². The molecule has 1 aromatic heterocycles. The van der Waals surface area contributed by atoms with Crippen LogP contribution in [0.2, 0.25) is 0 Å². The molecule has 1 fully saturated rings. The number of halogens is 1. The van der Waals surface area contributed by atoms with Crippen LogP contribution in [0.15, 0.2) is 76.6 Å². The molecule has 0 bridgehead atoms. The number of aliphatic hydroxyl groups excluding tert-OH is 1. The van der Waals surface area contributed by atoms with Crippen molar-refractivity contribution in [2.45, 2.75) is 48.9 Å². The zero-order valence-corrected chi connectivity index (χ0v) is 25.1. The van der Waals surface area contributed by atoms with Gasteiger partial charge in [0.2, 0.25) is 5.13 Å². The third-order valence-corrected chi connectivity index (χ3v) is 9.28. The van der Waals surface area contributed by atoms with Gasteiger partial charge in [0.15, 0.2) is 4.34 Å². The Kier molecular flexibility index (Phi) is 8.18. The van der Waals surface area contributed by atoms with Crippen molar-refractivity contribution in [1.29, 1.82) is 0 Å². The largest absolute Gasteiger partial charge is 0.507 e. The number of thioether (sulfide) groups is 1. The summed E-state index contributed by atoms with van der Waals surface area (Å²) in [5.74, 6) is -0.631. The van der Waals surface area contributed by atoms with E-state index in [0.29, 0.717) is 45.6 Å². The second-order valence-corrected chi connectivity index (χ2v) is 12.5. The molecule has 0 radical (unpaired) electrons. The van der Waals surface area contributed by atoms with Crippen LogP contribution in [0.1, 0.15) is 48.6 Å². The molecular formula is C32H28FN3O5S2. The Morgan fingerprint density at radius 1 is 1.14 bits per heavy atom. The first-order valence-corrected chi connectivity index (χ1v) is 15.7. The highest BCUT2D eigenvalue weighted by atomic mass is 32.2. The fraction of sp³-hybridized carbons (Fsp3) is 0.250. The number of fused-ring (bicyclic) bond motifs is 1. The molecule has 43 heavy (non-hydrogen) atoms. The number of aliphatic hydroxyl groups is 1. The number of aromatic nitrogens is 2. The van der Waals surface area contributed by atoms with Crippen molar-refractivity contribution in [1.82, 2.24) is 10.2 Å². The van der Waals surface area contributed by atoms with Crippen LogP contribution >= 0.6 is 23.1 Å². The molecule has 0 aliphatic carbocycles. The lowest BCUT2D eigenvalue weighted by molar-refractivity contribution is -0.132. The van der Waals surface area contributed by atoms with Gasteiger partial charge in [0.05, 0.1) is 18.2 Å². The van der Waals surface area contributed by atoms with Crippen LogP contribution < -0.4 is 14.4 Å². The van der Waals surface area contributed by atoms with E-state index in [4.69, 9.17) is 9.47 Å². The summed E-state index contributed by atoms with van der Waals surface area (Å²) in [6, 6.07) is 17.9. The van der Waals surface area contributed by atoms with Gasteiger partial charge in [-0.1, -0.05) is 60.4 Å². The number of amides is 1. The van der Waals surface area contributed by atoms with Gasteiger partial charge in [0, 0.05) is 17.7 Å². The lowest BCUT2D eigenvalue weighted by Crippen LogP contribution is -2.29. The molecule has 0 saturated carbocycles. The van der Waals surface area contributed by atoms with Crippen molar-refractivity contribution in [3.63, 3.8) is 0 Å². The molecule has 0 spiro atoms. The standard InChI is InChI=1S/C32H28FN3O5S2/c1-3-13-40-23-9-6-8-19(16-23)27-26(28(37)20-11-12-25-22(15-20)14-18(2)41-25)29(38)30(39)36(27)31-34-35-32(43-31)42-17-21-7-4-5-10-24(21)33/h4-12,15-16,18,27,37H,3,13-14,17H2,1-2H3/t18-,27-/m1/s1. The van der Waals surface area contributed by atoms with Crippen molar-refractivity contribution in [3.05, 3.63) is 100 Å². The summed E-state index contributed by atoms with van der Waals surface area (Å²) in [4.78, 5) is 28.5. The van der Waals surface area contributed by atoms with E-state index in [1.807, 2.05) is 13.8 Å². The molecule has 1 amide bonds. The Hall–Kier alpha value is -4.22. The maximum Gasteiger partial charge on any atom is 0.301 e. The van der Waals surface area contributed by atoms with Gasteiger partial charge in [0.1, 0.15) is 29.2 Å². The predicted octanol–water partition coefficient (Wildman–Crippen LogP) is 6.71. The van der Waals surface area contributed by atoms with Crippen molar-refractivity contribution < 1.29 is 28.6 Å². The van der Waals surface area contributed by atoms with E-state index < -0.39 is 17.7 Å². The van der Waals surface area contributed by atoms with Crippen molar-refractivity contribution in [2.24, 2.45) is 0 Å². The van der Waals surface area contributed by atoms with Gasteiger partial charge >= 0.3 is 5.91 Å².